The third kappa shape index (κ3) is 8.69. The van der Waals surface area contributed by atoms with Gasteiger partial charge in [-0.15, -0.1) is 10.2 Å². The van der Waals surface area contributed by atoms with Crippen molar-refractivity contribution in [3.8, 4) is 11.8 Å². The molecule has 1 aromatic carbocycles. The molecule has 4 amide bonds. The maximum atomic E-state index is 14.9. The number of halogens is 3. The molecule has 2 aromatic rings. The summed E-state index contributed by atoms with van der Waals surface area (Å²) >= 11 is 0. The molecule has 4 aliphatic rings. The van der Waals surface area contributed by atoms with E-state index in [1.54, 1.807) is 50.3 Å². The van der Waals surface area contributed by atoms with Gasteiger partial charge in [0.1, 0.15) is 23.7 Å². The van der Waals surface area contributed by atoms with Gasteiger partial charge in [-0.2, -0.15) is 13.2 Å². The van der Waals surface area contributed by atoms with Crippen molar-refractivity contribution in [3.05, 3.63) is 36.4 Å². The lowest BCUT2D eigenvalue weighted by atomic mass is 9.88. The van der Waals surface area contributed by atoms with E-state index in [9.17, 15) is 40.8 Å². The highest BCUT2D eigenvalue weighted by molar-refractivity contribution is 7.91. The highest BCUT2D eigenvalue weighted by Gasteiger charge is 2.63. The van der Waals surface area contributed by atoms with E-state index in [0.29, 0.717) is 36.5 Å². The minimum Gasteiger partial charge on any atom is -0.476 e. The first-order chi connectivity index (χ1) is 29.6. The molecular formula is C39H51F3N6O9S. The second-order valence-electron chi connectivity index (χ2n) is 15.9. The van der Waals surface area contributed by atoms with E-state index in [0.717, 1.165) is 4.90 Å². The molecule has 3 heterocycles. The summed E-state index contributed by atoms with van der Waals surface area (Å²) in [5.74, 6) is -4.71. The first kappa shape index (κ1) is 35.3. The molecule has 7 atom stereocenters. The lowest BCUT2D eigenvalue weighted by molar-refractivity contribution is -0.244. The summed E-state index contributed by atoms with van der Waals surface area (Å²) in [6, 6.07) is 3.40. The van der Waals surface area contributed by atoms with E-state index in [4.69, 9.17) is 17.7 Å². The van der Waals surface area contributed by atoms with E-state index in [-0.39, 0.29) is 43.5 Å². The van der Waals surface area contributed by atoms with Gasteiger partial charge in [0.05, 0.1) is 28.7 Å². The third-order valence-corrected chi connectivity index (χ3v) is 13.5. The zero-order chi connectivity index (χ0) is 47.4. The molecule has 0 unspecified atom stereocenters. The molecule has 0 spiro atoms. The second-order valence-corrected chi connectivity index (χ2v) is 18.1. The molecule has 318 valence electrons. The van der Waals surface area contributed by atoms with Gasteiger partial charge in [0, 0.05) is 20.6 Å². The van der Waals surface area contributed by atoms with Crippen molar-refractivity contribution in [1.82, 2.24) is 30.5 Å². The lowest BCUT2D eigenvalue weighted by Gasteiger charge is -2.34. The minimum atomic E-state index is -6.16. The normalized spacial score (nSPS) is 31.4. The van der Waals surface area contributed by atoms with Gasteiger partial charge in [-0.05, 0) is 90.0 Å². The number of benzene rings is 1. The topological polar surface area (TPSA) is 195 Å². The van der Waals surface area contributed by atoms with Crippen LogP contribution in [0.1, 0.15) is 94.6 Å². The number of carbonyl (C=O) groups excluding carboxylic acids is 4. The predicted octanol–water partition coefficient (Wildman–Crippen LogP) is 4.70. The predicted molar refractivity (Wildman–Crippen MR) is 204 cm³/mol. The highest BCUT2D eigenvalue weighted by atomic mass is 32.2. The van der Waals surface area contributed by atoms with Crippen LogP contribution in [0, 0.1) is 17.8 Å². The summed E-state index contributed by atoms with van der Waals surface area (Å²) < 4.78 is 133. The number of hydrogen-bond donors (Lipinski definition) is 3. The number of sulfonamides is 1. The van der Waals surface area contributed by atoms with Gasteiger partial charge < -0.3 is 29.7 Å². The molecule has 1 saturated heterocycles. The van der Waals surface area contributed by atoms with Crippen LogP contribution in [0.2, 0.25) is 0 Å². The van der Waals surface area contributed by atoms with Gasteiger partial charge in [-0.1, -0.05) is 38.1 Å². The fourth-order valence-corrected chi connectivity index (χ4v) is 8.81. The summed E-state index contributed by atoms with van der Waals surface area (Å²) in [6.07, 6.45) is -4.65. The van der Waals surface area contributed by atoms with Gasteiger partial charge in [0.15, 0.2) is 0 Å². The molecule has 19 heteroatoms. The number of hydrogen-bond acceptors (Lipinski definition) is 11. The Balaban J connectivity index is 1.39. The Kier molecular flexibility index (Phi) is 9.62. The number of carbonyl (C=O) groups is 4. The number of allylic oxidation sites excluding steroid dienone is 1. The fraction of sp³-hybridized carbons (Fsp3) is 0.641. The molecule has 2 aliphatic carbocycles. The number of fused-ring (bicyclic) bond motifs is 3. The number of nitrogens with zero attached hydrogens (tertiary/aromatic N) is 3. The molecule has 2 saturated carbocycles. The van der Waals surface area contributed by atoms with Crippen LogP contribution in [0.25, 0.3) is 10.8 Å². The first-order valence-corrected chi connectivity index (χ1v) is 20.6. The van der Waals surface area contributed by atoms with Crippen molar-refractivity contribution < 1.29 is 63.2 Å². The van der Waals surface area contributed by atoms with E-state index in [1.807, 2.05) is 5.32 Å². The molecule has 3 N–H and O–H groups in total. The van der Waals surface area contributed by atoms with Crippen molar-refractivity contribution in [2.24, 2.45) is 17.8 Å². The summed E-state index contributed by atoms with van der Waals surface area (Å²) in [6.45, 7) is -2.59. The zero-order valence-electron chi connectivity index (χ0n) is 38.4. The number of alkyl carbamates (subject to hydrolysis) is 1. The smallest absolute Gasteiger partial charge is 0.427 e. The number of rotatable bonds is 9. The number of alkyl halides is 3. The molecular weight excluding hydrogens is 786 g/mol. The summed E-state index contributed by atoms with van der Waals surface area (Å²) in [7, 11) is -4.17. The average molecular weight is 843 g/mol. The molecule has 3 fully saturated rings. The van der Waals surface area contributed by atoms with Crippen molar-refractivity contribution in [3.63, 3.8) is 0 Å². The largest absolute Gasteiger partial charge is 0.476 e. The van der Waals surface area contributed by atoms with E-state index in [2.05, 4.69) is 25.0 Å². The van der Waals surface area contributed by atoms with Gasteiger partial charge in [-0.3, -0.25) is 19.1 Å². The Labute approximate surface area is 343 Å². The maximum Gasteiger partial charge on any atom is 0.427 e. The van der Waals surface area contributed by atoms with Crippen molar-refractivity contribution in [1.29, 1.82) is 0 Å². The Morgan fingerprint density at radius 2 is 1.76 bits per heavy atom. The van der Waals surface area contributed by atoms with Crippen LogP contribution < -0.4 is 24.8 Å². The standard InChI is InChI=1S/C39H51F3N6O9S/c1-7-55-31-26-14-10-11-15-27(26)32(46-45-31)56-25-19-28-30(49)44-38(34(51)47-58(53,54)37(6)16-17-37)20-24(38)13-9-8-12-22(2)18-23(3)29(33(50)48(28)21-25)43-35(52)57-36(4,5)39(40,41)42/h9-11,13-15,22-25,28-29H,7-8,12,16-21H2,1-6H3,(H,43,52)(H,44,49)(H,47,51)/b13-9-/t22-,23-,24-,25-,28+,29+,38-/m1/s1/i4D3,5D3. The Hall–Kier alpha value is -4.68. The van der Waals surface area contributed by atoms with Crippen LogP contribution in [-0.2, 0) is 29.1 Å². The molecule has 6 rings (SSSR count). The van der Waals surface area contributed by atoms with E-state index in [1.165, 1.54) is 13.8 Å². The van der Waals surface area contributed by atoms with Gasteiger partial charge in [-0.25, -0.2) is 13.2 Å². The second kappa shape index (κ2) is 15.8. The molecule has 15 nitrogen and oxygen atoms in total. The SMILES string of the molecule is [2H]C([2H])([2H])C(OC(=O)N[C@@H]1C(=O)N2C[C@H](Oc3nnc(OCC)c4ccccc34)C[C@H]2C(=O)N[C@]2(C(=O)NS(=O)(=O)C3(C)CC3)C[C@H]2/C=C\CC[C@@H](C)C[C@H]1C)(C([2H])([2H])[2H])C(F)(F)F. The van der Waals surface area contributed by atoms with E-state index >= 15 is 0 Å². The average Bonchev–Trinajstić information content (AvgIpc) is 4.06. The Morgan fingerprint density at radius 1 is 1.09 bits per heavy atom. The summed E-state index contributed by atoms with van der Waals surface area (Å²) in [5.41, 5.74) is -6.79. The fourth-order valence-electron chi connectivity index (χ4n) is 7.49. The number of aromatic nitrogens is 2. The molecule has 1 aromatic heterocycles. The van der Waals surface area contributed by atoms with Crippen molar-refractivity contribution in [2.75, 3.05) is 13.2 Å². The quantitative estimate of drug-likeness (QED) is 0.296. The zero-order valence-corrected chi connectivity index (χ0v) is 33.2. The van der Waals surface area contributed by atoms with Gasteiger partial charge in [0.25, 0.3) is 5.91 Å². The van der Waals surface area contributed by atoms with Gasteiger partial charge >= 0.3 is 12.3 Å². The monoisotopic (exact) mass is 842 g/mol. The molecule has 2 aliphatic heterocycles. The third-order valence-electron chi connectivity index (χ3n) is 11.3. The van der Waals surface area contributed by atoms with Crippen LogP contribution in [-0.4, -0.2) is 101 Å². The van der Waals surface area contributed by atoms with Crippen molar-refractivity contribution >= 4 is 44.6 Å². The maximum absolute atomic E-state index is 14.9. The number of nitrogens with one attached hydrogen (secondary N) is 3. The number of ether oxygens (including phenoxy) is 3. The van der Waals surface area contributed by atoms with Crippen LogP contribution in [0.5, 0.6) is 11.8 Å². The molecule has 0 bridgehead atoms. The minimum absolute atomic E-state index is 0.00178. The molecule has 58 heavy (non-hydrogen) atoms. The van der Waals surface area contributed by atoms with Gasteiger partial charge in [0.2, 0.25) is 39.2 Å². The highest BCUT2D eigenvalue weighted by Crippen LogP contribution is 2.48. The lowest BCUT2D eigenvalue weighted by Crippen LogP contribution is -2.59. The summed E-state index contributed by atoms with van der Waals surface area (Å²) in [5, 5.41) is 14.0. The van der Waals surface area contributed by atoms with Crippen LogP contribution in [0.15, 0.2) is 36.4 Å². The summed E-state index contributed by atoms with van der Waals surface area (Å²) in [4.78, 5) is 58.0. The van der Waals surface area contributed by atoms with Crippen LogP contribution in [0.4, 0.5) is 18.0 Å². The Bertz CT molecular complexity index is 2260. The Morgan fingerprint density at radius 3 is 2.40 bits per heavy atom. The first-order valence-electron chi connectivity index (χ1n) is 22.1. The van der Waals surface area contributed by atoms with Crippen LogP contribution in [0.3, 0.4) is 0 Å². The number of amides is 4. The van der Waals surface area contributed by atoms with Crippen molar-refractivity contribution in [2.45, 2.75) is 127 Å². The molecule has 0 radical (unpaired) electrons. The van der Waals surface area contributed by atoms with Crippen LogP contribution >= 0.6 is 0 Å². The van der Waals surface area contributed by atoms with E-state index < -0.39 is 106 Å².